The third-order valence-electron chi connectivity index (χ3n) is 1.90. The average Bonchev–Trinajstić information content (AvgIpc) is 2.21. The molecule has 0 bridgehead atoms. The van der Waals surface area contributed by atoms with Gasteiger partial charge in [-0.05, 0) is 6.07 Å². The van der Waals surface area contributed by atoms with Crippen molar-refractivity contribution in [2.45, 2.75) is 5.25 Å². The van der Waals surface area contributed by atoms with Crippen LogP contribution in [0.3, 0.4) is 0 Å². The maximum atomic E-state index is 4.29. The minimum Gasteiger partial charge on any atom is -0.314 e. The first-order valence-corrected chi connectivity index (χ1v) is 5.16. The van der Waals surface area contributed by atoms with Crippen LogP contribution in [-0.2, 0) is 0 Å². The highest BCUT2D eigenvalue weighted by molar-refractivity contribution is 7.99. The third kappa shape index (κ3) is 1.79. The smallest absolute Gasteiger partial charge is 0.0595 e. The zero-order valence-corrected chi connectivity index (χ0v) is 7.60. The van der Waals surface area contributed by atoms with Crippen LogP contribution in [0.25, 0.3) is 0 Å². The fraction of sp³-hybridized carbons (Fsp3) is 0.444. The Morgan fingerprint density at radius 1 is 1.67 bits per heavy atom. The summed E-state index contributed by atoms with van der Waals surface area (Å²) in [7, 11) is 0. The van der Waals surface area contributed by atoms with E-state index in [0.29, 0.717) is 5.25 Å². The van der Waals surface area contributed by atoms with Gasteiger partial charge in [0.15, 0.2) is 0 Å². The van der Waals surface area contributed by atoms with Crippen LogP contribution < -0.4 is 5.32 Å². The van der Waals surface area contributed by atoms with Gasteiger partial charge in [0.25, 0.3) is 0 Å². The van der Waals surface area contributed by atoms with E-state index in [1.807, 2.05) is 23.9 Å². The minimum absolute atomic E-state index is 0.536. The number of thioether (sulfide) groups is 1. The summed E-state index contributed by atoms with van der Waals surface area (Å²) >= 11 is 1.98. The Labute approximate surface area is 76.8 Å². The number of aromatic nitrogens is 1. The number of rotatable bonds is 1. The normalized spacial score (nSPS) is 23.8. The molecule has 0 saturated carbocycles. The Kier molecular flexibility index (Phi) is 2.64. The molecule has 0 spiro atoms. The van der Waals surface area contributed by atoms with E-state index in [-0.39, 0.29) is 0 Å². The second kappa shape index (κ2) is 3.92. The fourth-order valence-corrected chi connectivity index (χ4v) is 2.37. The predicted octanol–water partition coefficient (Wildman–Crippen LogP) is 1.26. The molecule has 0 aliphatic carbocycles. The lowest BCUT2D eigenvalue weighted by Gasteiger charge is -2.21. The van der Waals surface area contributed by atoms with Crippen LogP contribution in [0.15, 0.2) is 18.3 Å². The van der Waals surface area contributed by atoms with Crippen molar-refractivity contribution in [3.63, 3.8) is 0 Å². The molecule has 12 heavy (non-hydrogen) atoms. The number of hydrogen-bond donors (Lipinski definition) is 1. The van der Waals surface area contributed by atoms with Gasteiger partial charge in [0.05, 0.1) is 10.9 Å². The van der Waals surface area contributed by atoms with E-state index >= 15 is 0 Å². The lowest BCUT2D eigenvalue weighted by molar-refractivity contribution is 0.680. The third-order valence-corrected chi connectivity index (χ3v) is 3.15. The van der Waals surface area contributed by atoms with Gasteiger partial charge in [-0.25, -0.2) is 0 Å². The van der Waals surface area contributed by atoms with Gasteiger partial charge in [0.1, 0.15) is 0 Å². The molecular weight excluding hydrogens is 168 g/mol. The summed E-state index contributed by atoms with van der Waals surface area (Å²) in [5.74, 6) is 1.19. The van der Waals surface area contributed by atoms with E-state index in [9.17, 15) is 0 Å². The average molecular weight is 179 g/mol. The summed E-state index contributed by atoms with van der Waals surface area (Å²) in [5.41, 5.74) is 1.17. The Morgan fingerprint density at radius 3 is 3.33 bits per heavy atom. The van der Waals surface area contributed by atoms with Crippen molar-refractivity contribution in [2.24, 2.45) is 0 Å². The van der Waals surface area contributed by atoms with E-state index in [1.165, 1.54) is 11.4 Å². The van der Waals surface area contributed by atoms with Crippen molar-refractivity contribution in [1.82, 2.24) is 10.3 Å². The van der Waals surface area contributed by atoms with Gasteiger partial charge in [0.2, 0.25) is 0 Å². The molecule has 1 N–H and O–H groups in total. The van der Waals surface area contributed by atoms with E-state index in [2.05, 4.69) is 16.4 Å². The van der Waals surface area contributed by atoms with Gasteiger partial charge in [0, 0.05) is 31.1 Å². The summed E-state index contributed by atoms with van der Waals surface area (Å²) < 4.78 is 0. The first kappa shape index (κ1) is 8.08. The van der Waals surface area contributed by atoms with E-state index in [0.717, 1.165) is 13.1 Å². The van der Waals surface area contributed by atoms with Crippen molar-refractivity contribution in [3.05, 3.63) is 30.1 Å². The second-order valence-corrected chi connectivity index (χ2v) is 4.06. The minimum atomic E-state index is 0.536. The molecule has 2 nitrogen and oxygen atoms in total. The SMILES string of the molecule is [c]1ccc(C2CNCCS2)nc1. The second-order valence-electron chi connectivity index (χ2n) is 2.75. The topological polar surface area (TPSA) is 24.9 Å². The summed E-state index contributed by atoms with van der Waals surface area (Å²) in [6, 6.07) is 6.91. The number of nitrogens with zero attached hydrogens (tertiary/aromatic N) is 1. The van der Waals surface area contributed by atoms with Gasteiger partial charge in [-0.3, -0.25) is 4.98 Å². The predicted molar refractivity (Wildman–Crippen MR) is 51.1 cm³/mol. The molecule has 1 saturated heterocycles. The summed E-state index contributed by atoms with van der Waals surface area (Å²) in [6.07, 6.45) is 1.74. The molecule has 0 amide bonds. The Balaban J connectivity index is 2.08. The monoisotopic (exact) mass is 179 g/mol. The Hall–Kier alpha value is -0.540. The molecule has 2 rings (SSSR count). The Bertz CT molecular complexity index is 232. The highest BCUT2D eigenvalue weighted by Gasteiger charge is 2.15. The van der Waals surface area contributed by atoms with Crippen LogP contribution in [0.1, 0.15) is 10.9 Å². The van der Waals surface area contributed by atoms with Crippen molar-refractivity contribution in [2.75, 3.05) is 18.8 Å². The molecule has 0 aromatic carbocycles. The van der Waals surface area contributed by atoms with E-state index < -0.39 is 0 Å². The van der Waals surface area contributed by atoms with Crippen LogP contribution in [-0.4, -0.2) is 23.8 Å². The molecule has 1 aliphatic rings. The molecular formula is C9H11N2S. The molecule has 1 unspecified atom stereocenters. The molecule has 1 radical (unpaired) electrons. The van der Waals surface area contributed by atoms with Crippen molar-refractivity contribution < 1.29 is 0 Å². The molecule has 1 aromatic rings. The molecule has 63 valence electrons. The lowest BCUT2D eigenvalue weighted by Crippen LogP contribution is -2.28. The highest BCUT2D eigenvalue weighted by Crippen LogP contribution is 2.27. The lowest BCUT2D eigenvalue weighted by atomic mass is 10.2. The quantitative estimate of drug-likeness (QED) is 0.702. The van der Waals surface area contributed by atoms with E-state index in [4.69, 9.17) is 0 Å². The van der Waals surface area contributed by atoms with Gasteiger partial charge in [-0.2, -0.15) is 0 Å². The van der Waals surface area contributed by atoms with Crippen LogP contribution in [0, 0.1) is 6.07 Å². The van der Waals surface area contributed by atoms with Crippen molar-refractivity contribution in [1.29, 1.82) is 0 Å². The molecule has 1 fully saturated rings. The van der Waals surface area contributed by atoms with Gasteiger partial charge < -0.3 is 5.32 Å². The molecule has 1 atom stereocenters. The largest absolute Gasteiger partial charge is 0.314 e. The van der Waals surface area contributed by atoms with Crippen molar-refractivity contribution >= 4 is 11.8 Å². The van der Waals surface area contributed by atoms with Crippen LogP contribution in [0.2, 0.25) is 0 Å². The maximum absolute atomic E-state index is 4.29. The number of pyridine rings is 1. The molecule has 1 aliphatic heterocycles. The Morgan fingerprint density at radius 2 is 2.67 bits per heavy atom. The number of hydrogen-bond acceptors (Lipinski definition) is 3. The zero-order chi connectivity index (χ0) is 8.23. The molecule has 2 heterocycles. The maximum Gasteiger partial charge on any atom is 0.0595 e. The first-order valence-electron chi connectivity index (χ1n) is 4.11. The zero-order valence-electron chi connectivity index (χ0n) is 6.79. The fourth-order valence-electron chi connectivity index (χ4n) is 1.28. The van der Waals surface area contributed by atoms with Crippen molar-refractivity contribution in [3.8, 4) is 0 Å². The summed E-state index contributed by atoms with van der Waals surface area (Å²) in [6.45, 7) is 2.17. The van der Waals surface area contributed by atoms with Gasteiger partial charge in [-0.1, -0.05) is 6.07 Å². The van der Waals surface area contributed by atoms with Crippen LogP contribution in [0.5, 0.6) is 0 Å². The summed E-state index contributed by atoms with van der Waals surface area (Å²) in [5, 5.41) is 3.90. The molecule has 3 heteroatoms. The van der Waals surface area contributed by atoms with Gasteiger partial charge >= 0.3 is 0 Å². The number of nitrogens with one attached hydrogen (secondary N) is 1. The summed E-state index contributed by atoms with van der Waals surface area (Å²) in [4.78, 5) is 4.29. The first-order chi connectivity index (χ1) is 5.97. The van der Waals surface area contributed by atoms with Crippen LogP contribution in [0.4, 0.5) is 0 Å². The van der Waals surface area contributed by atoms with E-state index in [1.54, 1.807) is 6.20 Å². The highest BCUT2D eigenvalue weighted by atomic mass is 32.2. The van der Waals surface area contributed by atoms with Gasteiger partial charge in [-0.15, -0.1) is 11.8 Å². The van der Waals surface area contributed by atoms with Crippen LogP contribution >= 0.6 is 11.8 Å². The standard InChI is InChI=1S/C9H11N2S/c1-2-4-11-8(3-1)9-7-10-5-6-12-9/h1,3-4,9-10H,5-7H2. The molecule has 1 aromatic heterocycles.